The lowest BCUT2D eigenvalue weighted by Crippen LogP contribution is -2.40. The number of rotatable bonds is 5. The van der Waals surface area contributed by atoms with Crippen molar-refractivity contribution in [3.63, 3.8) is 0 Å². The Morgan fingerprint density at radius 2 is 2.04 bits per heavy atom. The second-order valence-corrected chi connectivity index (χ2v) is 6.58. The minimum Gasteiger partial charge on any atom is -0.366 e. The number of carbonyl (C=O) groups excluding carboxylic acids is 1. The summed E-state index contributed by atoms with van der Waals surface area (Å²) < 4.78 is 0. The summed E-state index contributed by atoms with van der Waals surface area (Å²) in [4.78, 5) is 18.4. The number of nitrogens with zero attached hydrogens (tertiary/aromatic N) is 2. The van der Waals surface area contributed by atoms with Gasteiger partial charge in [0.05, 0.1) is 6.54 Å². The Hall–Kier alpha value is -2.82. The van der Waals surface area contributed by atoms with Crippen LogP contribution in [0.2, 0.25) is 0 Å². The molecule has 26 heavy (non-hydrogen) atoms. The molecule has 1 saturated heterocycles. The number of amides is 1. The molecule has 1 aliphatic rings. The molecule has 5 heteroatoms. The Labute approximate surface area is 154 Å². The van der Waals surface area contributed by atoms with Crippen LogP contribution in [0.3, 0.4) is 0 Å². The van der Waals surface area contributed by atoms with E-state index in [9.17, 15) is 4.79 Å². The minimum absolute atomic E-state index is 0.409. The van der Waals surface area contributed by atoms with Gasteiger partial charge < -0.3 is 16.0 Å². The first-order chi connectivity index (χ1) is 12.7. The summed E-state index contributed by atoms with van der Waals surface area (Å²) >= 11 is 0. The van der Waals surface area contributed by atoms with Gasteiger partial charge in [0, 0.05) is 31.1 Å². The van der Waals surface area contributed by atoms with Gasteiger partial charge in [-0.15, -0.1) is 0 Å². The summed E-state index contributed by atoms with van der Waals surface area (Å²) in [5.74, 6) is 1.06. The highest BCUT2D eigenvalue weighted by Gasteiger charge is 2.25. The summed E-state index contributed by atoms with van der Waals surface area (Å²) in [6.07, 6.45) is 1.13. The fourth-order valence-electron chi connectivity index (χ4n) is 3.36. The second-order valence-electron chi connectivity index (χ2n) is 6.58. The highest BCUT2D eigenvalue weighted by Crippen LogP contribution is 2.27. The van der Waals surface area contributed by atoms with Crippen LogP contribution >= 0.6 is 0 Å². The number of aliphatic imine (C=N–C) groups is 1. The molecule has 136 valence electrons. The third kappa shape index (κ3) is 4.42. The molecule has 1 aliphatic heterocycles. The maximum Gasteiger partial charge on any atom is 0.248 e. The number of hydrogen-bond donors (Lipinski definition) is 2. The number of benzene rings is 2. The van der Waals surface area contributed by atoms with Gasteiger partial charge in [0.1, 0.15) is 0 Å². The molecule has 0 radical (unpaired) electrons. The lowest BCUT2D eigenvalue weighted by molar-refractivity contribution is 0.1000. The topological polar surface area (TPSA) is 70.7 Å². The van der Waals surface area contributed by atoms with Crippen LogP contribution in [-0.2, 0) is 6.54 Å². The number of hydrogen-bond acceptors (Lipinski definition) is 2. The Balaban J connectivity index is 1.70. The van der Waals surface area contributed by atoms with Crippen molar-refractivity contribution < 1.29 is 4.79 Å². The monoisotopic (exact) mass is 350 g/mol. The van der Waals surface area contributed by atoms with Crippen LogP contribution in [0.15, 0.2) is 59.6 Å². The summed E-state index contributed by atoms with van der Waals surface area (Å²) in [5, 5.41) is 3.39. The van der Waals surface area contributed by atoms with E-state index in [1.165, 1.54) is 5.56 Å². The normalized spacial score (nSPS) is 17.3. The van der Waals surface area contributed by atoms with Crippen LogP contribution in [-0.4, -0.2) is 36.4 Å². The largest absolute Gasteiger partial charge is 0.366 e. The number of nitrogens with two attached hydrogens (primary N) is 1. The van der Waals surface area contributed by atoms with Gasteiger partial charge in [-0.1, -0.05) is 42.5 Å². The van der Waals surface area contributed by atoms with E-state index in [1.54, 1.807) is 6.07 Å². The van der Waals surface area contributed by atoms with E-state index in [1.807, 2.05) is 18.2 Å². The first kappa shape index (κ1) is 18.0. The molecule has 0 saturated carbocycles. The maximum atomic E-state index is 11.3. The molecule has 0 spiro atoms. The number of primary amides is 1. The molecular weight excluding hydrogens is 324 g/mol. The van der Waals surface area contributed by atoms with Crippen LogP contribution in [0.25, 0.3) is 0 Å². The molecule has 1 heterocycles. The quantitative estimate of drug-likeness (QED) is 0.643. The Kier molecular flexibility index (Phi) is 5.89. The zero-order valence-corrected chi connectivity index (χ0v) is 15.2. The summed E-state index contributed by atoms with van der Waals surface area (Å²) in [7, 11) is 0. The Morgan fingerprint density at radius 3 is 2.77 bits per heavy atom. The molecule has 1 unspecified atom stereocenters. The van der Waals surface area contributed by atoms with Gasteiger partial charge in [0.2, 0.25) is 5.91 Å². The van der Waals surface area contributed by atoms with Crippen molar-refractivity contribution in [3.05, 3.63) is 71.3 Å². The standard InChI is InChI=1S/C21H26N4O/c1-2-23-21(24-14-16-7-6-10-18(13-16)20(22)26)25-12-11-19(15-25)17-8-4-3-5-9-17/h3-10,13,19H,2,11-12,14-15H2,1H3,(H2,22,26)(H,23,24). The summed E-state index contributed by atoms with van der Waals surface area (Å²) in [6, 6.07) is 18.0. The lowest BCUT2D eigenvalue weighted by Gasteiger charge is -2.22. The van der Waals surface area contributed by atoms with Gasteiger partial charge in [-0.3, -0.25) is 4.79 Å². The molecule has 3 rings (SSSR count). The highest BCUT2D eigenvalue weighted by atomic mass is 16.1. The van der Waals surface area contributed by atoms with E-state index in [-0.39, 0.29) is 0 Å². The maximum absolute atomic E-state index is 11.3. The van der Waals surface area contributed by atoms with Gasteiger partial charge in [-0.05, 0) is 36.6 Å². The van der Waals surface area contributed by atoms with E-state index >= 15 is 0 Å². The molecule has 1 fully saturated rings. The fraction of sp³-hybridized carbons (Fsp3) is 0.333. The van der Waals surface area contributed by atoms with E-state index in [4.69, 9.17) is 10.7 Å². The van der Waals surface area contributed by atoms with Crippen molar-refractivity contribution in [1.82, 2.24) is 10.2 Å². The lowest BCUT2D eigenvalue weighted by atomic mass is 9.99. The number of nitrogens with one attached hydrogen (secondary N) is 1. The first-order valence-corrected chi connectivity index (χ1v) is 9.14. The molecule has 5 nitrogen and oxygen atoms in total. The molecule has 0 aliphatic carbocycles. The first-order valence-electron chi connectivity index (χ1n) is 9.14. The minimum atomic E-state index is -0.409. The summed E-state index contributed by atoms with van der Waals surface area (Å²) in [6.45, 7) is 5.39. The van der Waals surface area contributed by atoms with Gasteiger partial charge in [-0.25, -0.2) is 4.99 Å². The van der Waals surface area contributed by atoms with Gasteiger partial charge in [-0.2, -0.15) is 0 Å². The van der Waals surface area contributed by atoms with Crippen molar-refractivity contribution in [3.8, 4) is 0 Å². The zero-order valence-electron chi connectivity index (χ0n) is 15.2. The van der Waals surface area contributed by atoms with E-state index in [0.29, 0.717) is 18.0 Å². The predicted octanol–water partition coefficient (Wildman–Crippen LogP) is 2.74. The second kappa shape index (κ2) is 8.52. The molecular formula is C21H26N4O. The van der Waals surface area contributed by atoms with Crippen LogP contribution in [0.5, 0.6) is 0 Å². The molecule has 1 atom stereocenters. The van der Waals surface area contributed by atoms with Crippen molar-refractivity contribution >= 4 is 11.9 Å². The van der Waals surface area contributed by atoms with Crippen LogP contribution < -0.4 is 11.1 Å². The van der Waals surface area contributed by atoms with Gasteiger partial charge in [0.25, 0.3) is 0 Å². The average Bonchev–Trinajstić information content (AvgIpc) is 3.16. The van der Waals surface area contributed by atoms with Crippen molar-refractivity contribution in [2.24, 2.45) is 10.7 Å². The van der Waals surface area contributed by atoms with E-state index < -0.39 is 5.91 Å². The molecule has 1 amide bonds. The molecule has 0 aromatic heterocycles. The van der Waals surface area contributed by atoms with E-state index in [0.717, 1.165) is 37.6 Å². The molecule has 2 aromatic rings. The van der Waals surface area contributed by atoms with Crippen LogP contribution in [0, 0.1) is 0 Å². The fourth-order valence-corrected chi connectivity index (χ4v) is 3.36. The van der Waals surface area contributed by atoms with Gasteiger partial charge in [0.15, 0.2) is 5.96 Å². The zero-order chi connectivity index (χ0) is 18.4. The van der Waals surface area contributed by atoms with E-state index in [2.05, 4.69) is 47.5 Å². The number of carbonyl (C=O) groups is 1. The Morgan fingerprint density at radius 1 is 1.23 bits per heavy atom. The highest BCUT2D eigenvalue weighted by molar-refractivity contribution is 5.92. The molecule has 3 N–H and O–H groups in total. The van der Waals surface area contributed by atoms with Crippen LogP contribution in [0.4, 0.5) is 0 Å². The SMILES string of the molecule is CCNC(=NCc1cccc(C(N)=O)c1)N1CCC(c2ccccc2)C1. The summed E-state index contributed by atoms with van der Waals surface area (Å²) in [5.41, 5.74) is 8.25. The molecule has 0 bridgehead atoms. The number of likely N-dealkylation sites (tertiary alicyclic amines) is 1. The smallest absolute Gasteiger partial charge is 0.248 e. The average molecular weight is 350 g/mol. The van der Waals surface area contributed by atoms with Crippen molar-refractivity contribution in [2.75, 3.05) is 19.6 Å². The third-order valence-corrected chi connectivity index (χ3v) is 4.72. The number of guanidine groups is 1. The van der Waals surface area contributed by atoms with Crippen LogP contribution in [0.1, 0.15) is 40.7 Å². The predicted molar refractivity (Wildman–Crippen MR) is 105 cm³/mol. The Bertz CT molecular complexity index is 773. The third-order valence-electron chi connectivity index (χ3n) is 4.72. The van der Waals surface area contributed by atoms with Crippen molar-refractivity contribution in [2.45, 2.75) is 25.8 Å². The van der Waals surface area contributed by atoms with Crippen molar-refractivity contribution in [1.29, 1.82) is 0 Å². The van der Waals surface area contributed by atoms with Gasteiger partial charge >= 0.3 is 0 Å². The molecule has 2 aromatic carbocycles.